The molecule has 1 aliphatic heterocycles. The Bertz CT molecular complexity index is 334. The van der Waals surface area contributed by atoms with Crippen molar-refractivity contribution >= 4 is 36.0 Å². The van der Waals surface area contributed by atoms with Crippen molar-refractivity contribution in [1.29, 1.82) is 0 Å². The zero-order chi connectivity index (χ0) is 14.5. The van der Waals surface area contributed by atoms with E-state index in [1.807, 2.05) is 27.8 Å². The minimum Gasteiger partial charge on any atom is -0.354 e. The summed E-state index contributed by atoms with van der Waals surface area (Å²) in [5, 5.41) is 5.95. The fourth-order valence-corrected chi connectivity index (χ4v) is 3.04. The SMILES string of the molecule is CNCCCNC(=O)C1CSCN1C(=O)C(C)(C)C.Cl. The Balaban J connectivity index is 0.00000361. The van der Waals surface area contributed by atoms with Crippen LogP contribution in [0, 0.1) is 5.41 Å². The molecule has 1 rings (SSSR count). The highest BCUT2D eigenvalue weighted by atomic mass is 35.5. The minimum atomic E-state index is -0.435. The summed E-state index contributed by atoms with van der Waals surface area (Å²) < 4.78 is 0. The lowest BCUT2D eigenvalue weighted by molar-refractivity contribution is -0.144. The number of halogens is 1. The predicted molar refractivity (Wildman–Crippen MR) is 86.2 cm³/mol. The maximum atomic E-state index is 12.3. The van der Waals surface area contributed by atoms with Crippen LogP contribution < -0.4 is 10.6 Å². The predicted octanol–water partition coefficient (Wildman–Crippen LogP) is 1.08. The number of rotatable bonds is 5. The van der Waals surface area contributed by atoms with Gasteiger partial charge in [0.2, 0.25) is 11.8 Å². The zero-order valence-electron chi connectivity index (χ0n) is 12.7. The molecule has 2 N–H and O–H groups in total. The second-order valence-electron chi connectivity index (χ2n) is 5.79. The van der Waals surface area contributed by atoms with Crippen LogP contribution >= 0.6 is 24.2 Å². The van der Waals surface area contributed by atoms with Gasteiger partial charge in [-0.25, -0.2) is 0 Å². The van der Waals surface area contributed by atoms with Gasteiger partial charge in [-0.1, -0.05) is 20.8 Å². The average Bonchev–Trinajstić information content (AvgIpc) is 2.81. The molecule has 1 atom stereocenters. The van der Waals surface area contributed by atoms with Crippen LogP contribution in [-0.4, -0.2) is 54.5 Å². The number of hydrogen-bond donors (Lipinski definition) is 2. The third kappa shape index (κ3) is 5.50. The summed E-state index contributed by atoms with van der Waals surface area (Å²) in [6.45, 7) is 7.20. The number of hydrogen-bond acceptors (Lipinski definition) is 4. The Morgan fingerprint density at radius 3 is 2.50 bits per heavy atom. The summed E-state index contributed by atoms with van der Waals surface area (Å²) in [5.41, 5.74) is -0.435. The van der Waals surface area contributed by atoms with Crippen molar-refractivity contribution in [2.75, 3.05) is 31.8 Å². The maximum Gasteiger partial charge on any atom is 0.243 e. The van der Waals surface area contributed by atoms with Crippen LogP contribution in [0.15, 0.2) is 0 Å². The van der Waals surface area contributed by atoms with E-state index >= 15 is 0 Å². The zero-order valence-corrected chi connectivity index (χ0v) is 14.3. The molecule has 5 nitrogen and oxygen atoms in total. The molecule has 0 spiro atoms. The maximum absolute atomic E-state index is 12.3. The normalized spacial score (nSPS) is 18.6. The molecule has 0 saturated carbocycles. The van der Waals surface area contributed by atoms with Gasteiger partial charge in [-0.3, -0.25) is 9.59 Å². The fourth-order valence-electron chi connectivity index (χ4n) is 1.89. The van der Waals surface area contributed by atoms with E-state index in [1.54, 1.807) is 16.7 Å². The van der Waals surface area contributed by atoms with Crippen LogP contribution in [0.25, 0.3) is 0 Å². The molecule has 1 unspecified atom stereocenters. The number of nitrogens with one attached hydrogen (secondary N) is 2. The largest absolute Gasteiger partial charge is 0.354 e. The van der Waals surface area contributed by atoms with E-state index in [4.69, 9.17) is 0 Å². The van der Waals surface area contributed by atoms with Crippen LogP contribution in [0.3, 0.4) is 0 Å². The third-order valence-corrected chi connectivity index (χ3v) is 4.00. The first-order valence-electron chi connectivity index (χ1n) is 6.69. The number of amides is 2. The van der Waals surface area contributed by atoms with Crippen LogP contribution in [0.2, 0.25) is 0 Å². The molecule has 1 fully saturated rings. The molecule has 1 saturated heterocycles. The lowest BCUT2D eigenvalue weighted by Gasteiger charge is -2.29. The van der Waals surface area contributed by atoms with Crippen LogP contribution in [0.4, 0.5) is 0 Å². The van der Waals surface area contributed by atoms with Crippen molar-refractivity contribution in [2.45, 2.75) is 33.2 Å². The topological polar surface area (TPSA) is 61.4 Å². The summed E-state index contributed by atoms with van der Waals surface area (Å²) in [4.78, 5) is 26.1. The van der Waals surface area contributed by atoms with Crippen molar-refractivity contribution in [1.82, 2.24) is 15.5 Å². The molecule has 20 heavy (non-hydrogen) atoms. The average molecular weight is 324 g/mol. The molecule has 118 valence electrons. The van der Waals surface area contributed by atoms with Gasteiger partial charge in [-0.2, -0.15) is 0 Å². The summed E-state index contributed by atoms with van der Waals surface area (Å²) >= 11 is 1.64. The molecule has 1 heterocycles. The highest BCUT2D eigenvalue weighted by Crippen LogP contribution is 2.27. The van der Waals surface area contributed by atoms with Crippen molar-refractivity contribution in [3.63, 3.8) is 0 Å². The van der Waals surface area contributed by atoms with Crippen molar-refractivity contribution < 1.29 is 9.59 Å². The molecule has 0 aromatic rings. The Hall–Kier alpha value is -0.460. The first-order valence-corrected chi connectivity index (χ1v) is 7.84. The molecule has 0 aromatic heterocycles. The number of carbonyl (C=O) groups excluding carboxylic acids is 2. The van der Waals surface area contributed by atoms with Gasteiger partial charge in [0.05, 0.1) is 5.88 Å². The third-order valence-electron chi connectivity index (χ3n) is 2.99. The monoisotopic (exact) mass is 323 g/mol. The fraction of sp³-hybridized carbons (Fsp3) is 0.846. The van der Waals surface area contributed by atoms with Gasteiger partial charge in [0.1, 0.15) is 6.04 Å². The van der Waals surface area contributed by atoms with E-state index in [-0.39, 0.29) is 30.3 Å². The van der Waals surface area contributed by atoms with Crippen LogP contribution in [-0.2, 0) is 9.59 Å². The summed E-state index contributed by atoms with van der Waals surface area (Å²) in [6, 6.07) is -0.314. The van der Waals surface area contributed by atoms with Gasteiger partial charge < -0.3 is 15.5 Å². The second kappa shape index (κ2) is 8.74. The quantitative estimate of drug-likeness (QED) is 0.743. The Labute approximate surface area is 132 Å². The molecule has 0 bridgehead atoms. The van der Waals surface area contributed by atoms with Gasteiger partial charge >= 0.3 is 0 Å². The number of nitrogens with zero attached hydrogens (tertiary/aromatic N) is 1. The van der Waals surface area contributed by atoms with Gasteiger partial charge in [-0.05, 0) is 20.0 Å². The van der Waals surface area contributed by atoms with E-state index in [0.717, 1.165) is 13.0 Å². The molecular weight excluding hydrogens is 298 g/mol. The summed E-state index contributed by atoms with van der Waals surface area (Å²) in [6.07, 6.45) is 0.898. The Morgan fingerprint density at radius 1 is 1.30 bits per heavy atom. The first-order chi connectivity index (χ1) is 8.88. The van der Waals surface area contributed by atoms with Gasteiger partial charge in [0.15, 0.2) is 0 Å². The van der Waals surface area contributed by atoms with Crippen LogP contribution in [0.1, 0.15) is 27.2 Å². The Morgan fingerprint density at radius 2 is 1.95 bits per heavy atom. The molecule has 7 heteroatoms. The Kier molecular flexibility index (Phi) is 8.54. The van der Waals surface area contributed by atoms with E-state index in [1.165, 1.54) is 0 Å². The molecule has 2 amide bonds. The van der Waals surface area contributed by atoms with Crippen molar-refractivity contribution in [2.24, 2.45) is 5.41 Å². The van der Waals surface area contributed by atoms with E-state index < -0.39 is 5.41 Å². The van der Waals surface area contributed by atoms with Crippen molar-refractivity contribution in [3.05, 3.63) is 0 Å². The molecule has 0 radical (unpaired) electrons. The van der Waals surface area contributed by atoms with Gasteiger partial charge in [0, 0.05) is 17.7 Å². The highest BCUT2D eigenvalue weighted by Gasteiger charge is 2.38. The standard InChI is InChI=1S/C13H25N3O2S.ClH/c1-13(2,3)12(18)16-9-19-8-10(16)11(17)15-7-5-6-14-4;/h10,14H,5-9H2,1-4H3,(H,15,17);1H. The van der Waals surface area contributed by atoms with Crippen LogP contribution in [0.5, 0.6) is 0 Å². The lowest BCUT2D eigenvalue weighted by Crippen LogP contribution is -2.50. The van der Waals surface area contributed by atoms with E-state index in [2.05, 4.69) is 10.6 Å². The minimum absolute atomic E-state index is 0. The second-order valence-corrected chi connectivity index (χ2v) is 6.79. The summed E-state index contributed by atoms with van der Waals surface area (Å²) in [5.74, 6) is 1.33. The van der Waals surface area contributed by atoms with Crippen molar-refractivity contribution in [3.8, 4) is 0 Å². The van der Waals surface area contributed by atoms with Gasteiger partial charge in [0.25, 0.3) is 0 Å². The van der Waals surface area contributed by atoms with E-state index in [0.29, 0.717) is 18.2 Å². The van der Waals surface area contributed by atoms with E-state index in [9.17, 15) is 9.59 Å². The number of thioether (sulfide) groups is 1. The molecule has 0 aliphatic carbocycles. The first kappa shape index (κ1) is 19.5. The number of carbonyl (C=O) groups is 2. The lowest BCUT2D eigenvalue weighted by atomic mass is 9.94. The summed E-state index contributed by atoms with van der Waals surface area (Å²) in [7, 11) is 1.89. The molecule has 1 aliphatic rings. The van der Waals surface area contributed by atoms with Gasteiger partial charge in [-0.15, -0.1) is 24.2 Å². The molecule has 0 aromatic carbocycles. The molecular formula is C13H26ClN3O2S. The highest BCUT2D eigenvalue weighted by molar-refractivity contribution is 7.99. The smallest absolute Gasteiger partial charge is 0.243 e.